The molecule has 0 radical (unpaired) electrons. The van der Waals surface area contributed by atoms with Crippen molar-refractivity contribution in [2.75, 3.05) is 0 Å². The number of nitrogens with one attached hydrogen (secondary N) is 2. The predicted molar refractivity (Wildman–Crippen MR) is 132 cm³/mol. The lowest BCUT2D eigenvalue weighted by Gasteiger charge is -2.56. The molecule has 6 heteroatoms. The first kappa shape index (κ1) is 24.4. The Hall–Kier alpha value is -2.73. The van der Waals surface area contributed by atoms with Crippen LogP contribution in [0.15, 0.2) is 54.9 Å². The molecule has 1 aromatic carbocycles. The van der Waals surface area contributed by atoms with Gasteiger partial charge in [-0.2, -0.15) is 0 Å². The highest BCUT2D eigenvalue weighted by Crippen LogP contribution is 2.55. The Morgan fingerprint density at radius 3 is 2.59 bits per heavy atom. The molecule has 2 amide bonds. The van der Waals surface area contributed by atoms with Crippen LogP contribution in [0.25, 0.3) is 0 Å². The summed E-state index contributed by atoms with van der Waals surface area (Å²) in [6.07, 6.45) is 6.58. The van der Waals surface area contributed by atoms with Crippen LogP contribution in [0.4, 0.5) is 0 Å². The first-order valence-corrected chi connectivity index (χ1v) is 12.5. The van der Waals surface area contributed by atoms with Crippen molar-refractivity contribution >= 4 is 11.8 Å². The van der Waals surface area contributed by atoms with E-state index in [4.69, 9.17) is 0 Å². The predicted octanol–water partition coefficient (Wildman–Crippen LogP) is 3.96. The van der Waals surface area contributed by atoms with Crippen molar-refractivity contribution in [3.8, 4) is 0 Å². The number of fused-ring (bicyclic) bond motifs is 1. The molecule has 1 aromatic heterocycles. The first-order chi connectivity index (χ1) is 16.3. The highest BCUT2D eigenvalue weighted by atomic mass is 16.3. The summed E-state index contributed by atoms with van der Waals surface area (Å²) in [5, 5.41) is 17.8. The Kier molecular flexibility index (Phi) is 7.36. The van der Waals surface area contributed by atoms with E-state index < -0.39 is 6.10 Å². The number of aromatic nitrogens is 1. The monoisotopic (exact) mass is 463 g/mol. The zero-order chi connectivity index (χ0) is 24.3. The number of amides is 2. The van der Waals surface area contributed by atoms with Crippen LogP contribution in [0.5, 0.6) is 0 Å². The van der Waals surface area contributed by atoms with Crippen LogP contribution in [0, 0.1) is 29.1 Å². The van der Waals surface area contributed by atoms with E-state index >= 15 is 0 Å². The van der Waals surface area contributed by atoms with Crippen molar-refractivity contribution in [3.05, 3.63) is 66.0 Å². The van der Waals surface area contributed by atoms with Crippen LogP contribution in [0.3, 0.4) is 0 Å². The summed E-state index contributed by atoms with van der Waals surface area (Å²) >= 11 is 0. The Morgan fingerprint density at radius 1 is 1.15 bits per heavy atom. The van der Waals surface area contributed by atoms with Gasteiger partial charge in [0.25, 0.3) is 5.91 Å². The summed E-state index contributed by atoms with van der Waals surface area (Å²) in [4.78, 5) is 29.8. The van der Waals surface area contributed by atoms with E-state index in [1.165, 1.54) is 0 Å². The van der Waals surface area contributed by atoms with Gasteiger partial charge in [0.15, 0.2) is 0 Å². The van der Waals surface area contributed by atoms with Crippen LogP contribution >= 0.6 is 0 Å². The average Bonchev–Trinajstić information content (AvgIpc) is 2.85. The van der Waals surface area contributed by atoms with Gasteiger partial charge in [0, 0.05) is 36.5 Å². The SMILES string of the molecule is C[C@@H]1[C@@H]2[C@@H](O)[C@H]([C@H](C)C(=O)NCc3cccnc3)CC[C@]2(C)CC[C@@H]1NC(=O)c1ccccc1. The number of benzene rings is 1. The highest BCUT2D eigenvalue weighted by Gasteiger charge is 2.53. The maximum atomic E-state index is 12.9. The molecule has 6 nitrogen and oxygen atoms in total. The standard InChI is InChI=1S/C28H37N3O3/c1-18(26(33)30-17-20-8-7-15-29-16-20)22-11-13-28(3)14-12-23(19(2)24(28)25(22)32)31-27(34)21-9-5-4-6-10-21/h4-10,15-16,18-19,22-25,32H,11-14,17H2,1-3H3,(H,30,33)(H,31,34)/t18-,19-,22-,23-,24+,25-,28+/m0/s1. The molecular formula is C28H37N3O3. The molecule has 0 unspecified atom stereocenters. The normalized spacial score (nSPS) is 31.7. The number of aliphatic hydroxyl groups is 1. The third kappa shape index (κ3) is 5.02. The van der Waals surface area contributed by atoms with Gasteiger partial charge in [-0.25, -0.2) is 0 Å². The van der Waals surface area contributed by atoms with Gasteiger partial charge < -0.3 is 15.7 Å². The molecule has 182 valence electrons. The molecule has 1 heterocycles. The van der Waals surface area contributed by atoms with Crippen LogP contribution in [-0.2, 0) is 11.3 Å². The van der Waals surface area contributed by atoms with Gasteiger partial charge in [0.2, 0.25) is 5.91 Å². The fraction of sp³-hybridized carbons (Fsp3) is 0.536. The average molecular weight is 464 g/mol. The second kappa shape index (κ2) is 10.3. The summed E-state index contributed by atoms with van der Waals surface area (Å²) in [7, 11) is 0. The van der Waals surface area contributed by atoms with Crippen LogP contribution < -0.4 is 10.6 Å². The maximum absolute atomic E-state index is 12.9. The molecule has 3 N–H and O–H groups in total. The van der Waals surface area contributed by atoms with Gasteiger partial charge in [-0.1, -0.05) is 45.0 Å². The number of hydrogen-bond acceptors (Lipinski definition) is 4. The summed E-state index contributed by atoms with van der Waals surface area (Å²) in [5.74, 6) is -0.329. The fourth-order valence-electron chi connectivity index (χ4n) is 6.39. The fourth-order valence-corrected chi connectivity index (χ4v) is 6.39. The molecule has 0 saturated heterocycles. The van der Waals surface area contributed by atoms with E-state index in [0.717, 1.165) is 31.2 Å². The summed E-state index contributed by atoms with van der Waals surface area (Å²) in [5.41, 5.74) is 1.64. The number of hydrogen-bond donors (Lipinski definition) is 3. The molecule has 4 rings (SSSR count). The molecule has 2 aromatic rings. The minimum Gasteiger partial charge on any atom is -0.392 e. The Balaban J connectivity index is 1.42. The van der Waals surface area contributed by atoms with Crippen molar-refractivity contribution in [3.63, 3.8) is 0 Å². The van der Waals surface area contributed by atoms with Crippen LogP contribution in [-0.4, -0.2) is 34.1 Å². The smallest absolute Gasteiger partial charge is 0.251 e. The molecule has 2 fully saturated rings. The second-order valence-corrected chi connectivity index (χ2v) is 10.6. The number of nitrogens with zero attached hydrogens (tertiary/aromatic N) is 1. The lowest BCUT2D eigenvalue weighted by Crippen LogP contribution is -2.58. The Labute approximate surface area is 202 Å². The van der Waals surface area contributed by atoms with Gasteiger partial charge in [-0.3, -0.25) is 14.6 Å². The summed E-state index contributed by atoms with van der Waals surface area (Å²) < 4.78 is 0. The van der Waals surface area contributed by atoms with Gasteiger partial charge >= 0.3 is 0 Å². The third-order valence-corrected chi connectivity index (χ3v) is 8.49. The van der Waals surface area contributed by atoms with E-state index in [1.54, 1.807) is 12.4 Å². The van der Waals surface area contributed by atoms with Crippen molar-refractivity contribution in [1.29, 1.82) is 0 Å². The summed E-state index contributed by atoms with van der Waals surface area (Å²) in [6, 6.07) is 13.1. The van der Waals surface area contributed by atoms with Gasteiger partial charge in [0.05, 0.1) is 6.10 Å². The molecule has 0 aliphatic heterocycles. The van der Waals surface area contributed by atoms with Gasteiger partial charge in [-0.05, 0) is 72.6 Å². The van der Waals surface area contributed by atoms with E-state index in [-0.39, 0.29) is 46.9 Å². The Morgan fingerprint density at radius 2 is 1.88 bits per heavy atom. The van der Waals surface area contributed by atoms with Crippen LogP contribution in [0.1, 0.15) is 62.4 Å². The first-order valence-electron chi connectivity index (χ1n) is 12.5. The molecule has 0 bridgehead atoms. The quantitative estimate of drug-likeness (QED) is 0.605. The molecule has 34 heavy (non-hydrogen) atoms. The zero-order valence-corrected chi connectivity index (χ0v) is 20.4. The molecule has 2 saturated carbocycles. The lowest BCUT2D eigenvalue weighted by molar-refractivity contribution is -0.142. The Bertz CT molecular complexity index is 983. The largest absolute Gasteiger partial charge is 0.392 e. The van der Waals surface area contributed by atoms with Crippen molar-refractivity contribution < 1.29 is 14.7 Å². The van der Waals surface area contributed by atoms with Gasteiger partial charge in [0.1, 0.15) is 0 Å². The molecular weight excluding hydrogens is 426 g/mol. The van der Waals surface area contributed by atoms with Gasteiger partial charge in [-0.15, -0.1) is 0 Å². The van der Waals surface area contributed by atoms with E-state index in [1.807, 2.05) is 49.4 Å². The summed E-state index contributed by atoms with van der Waals surface area (Å²) in [6.45, 7) is 6.79. The topological polar surface area (TPSA) is 91.3 Å². The molecule has 2 aliphatic carbocycles. The second-order valence-electron chi connectivity index (χ2n) is 10.6. The zero-order valence-electron chi connectivity index (χ0n) is 20.4. The molecule has 2 aliphatic rings. The number of aliphatic hydroxyl groups excluding tert-OH is 1. The highest BCUT2D eigenvalue weighted by molar-refractivity contribution is 5.94. The molecule has 7 atom stereocenters. The van der Waals surface area contributed by atoms with Crippen molar-refractivity contribution in [2.45, 2.75) is 65.1 Å². The van der Waals surface area contributed by atoms with E-state index in [9.17, 15) is 14.7 Å². The minimum absolute atomic E-state index is 0.00824. The maximum Gasteiger partial charge on any atom is 0.251 e. The van der Waals surface area contributed by atoms with Crippen LogP contribution in [0.2, 0.25) is 0 Å². The number of carbonyl (C=O) groups is 2. The van der Waals surface area contributed by atoms with E-state index in [2.05, 4.69) is 29.5 Å². The molecule has 0 spiro atoms. The minimum atomic E-state index is -0.579. The third-order valence-electron chi connectivity index (χ3n) is 8.49. The van der Waals surface area contributed by atoms with Crippen molar-refractivity contribution in [2.24, 2.45) is 29.1 Å². The van der Waals surface area contributed by atoms with E-state index in [0.29, 0.717) is 12.1 Å². The lowest BCUT2D eigenvalue weighted by atomic mass is 9.51. The number of pyridine rings is 1. The number of rotatable bonds is 6. The van der Waals surface area contributed by atoms with Crippen molar-refractivity contribution in [1.82, 2.24) is 15.6 Å². The number of carbonyl (C=O) groups excluding carboxylic acids is 2.